The zero-order valence-corrected chi connectivity index (χ0v) is 14.0. The van der Waals surface area contributed by atoms with E-state index >= 15 is 0 Å². The number of amides is 1. The van der Waals surface area contributed by atoms with Crippen molar-refractivity contribution >= 4 is 5.91 Å². The first-order valence-electron chi connectivity index (χ1n) is 8.10. The molecule has 4 nitrogen and oxygen atoms in total. The number of carbonyl (C=O) groups is 1. The first-order chi connectivity index (χ1) is 11.9. The summed E-state index contributed by atoms with van der Waals surface area (Å²) in [5.74, 6) is -0.760. The van der Waals surface area contributed by atoms with E-state index in [2.05, 4.69) is 5.32 Å². The topological polar surface area (TPSA) is 47.6 Å². The van der Waals surface area contributed by atoms with E-state index in [1.54, 1.807) is 6.07 Å². The van der Waals surface area contributed by atoms with Crippen LogP contribution in [0.3, 0.4) is 0 Å². The van der Waals surface area contributed by atoms with Crippen LogP contribution in [-0.4, -0.2) is 19.1 Å². The molecule has 6 heteroatoms. The van der Waals surface area contributed by atoms with Gasteiger partial charge in [0.05, 0.1) is 6.04 Å². The minimum absolute atomic E-state index is 0.0549. The summed E-state index contributed by atoms with van der Waals surface area (Å²) in [5, 5.41) is 2.84. The van der Waals surface area contributed by atoms with E-state index in [4.69, 9.17) is 9.47 Å². The summed E-state index contributed by atoms with van der Waals surface area (Å²) in [6.07, 6.45) is 0. The van der Waals surface area contributed by atoms with Gasteiger partial charge in [-0.2, -0.15) is 0 Å². The summed E-state index contributed by atoms with van der Waals surface area (Å²) in [4.78, 5) is 12.4. The van der Waals surface area contributed by atoms with Crippen molar-refractivity contribution in [1.82, 2.24) is 5.32 Å². The molecule has 2 aromatic rings. The second-order valence-electron chi connectivity index (χ2n) is 6.26. The summed E-state index contributed by atoms with van der Waals surface area (Å²) in [6.45, 7) is 4.88. The van der Waals surface area contributed by atoms with E-state index in [-0.39, 0.29) is 17.5 Å². The van der Waals surface area contributed by atoms with Gasteiger partial charge >= 0.3 is 0 Å². The van der Waals surface area contributed by atoms with E-state index < -0.39 is 17.5 Å². The first kappa shape index (κ1) is 17.2. The predicted octanol–water partition coefficient (Wildman–Crippen LogP) is 3.86. The van der Waals surface area contributed by atoms with E-state index in [0.717, 1.165) is 23.8 Å². The van der Waals surface area contributed by atoms with E-state index in [0.29, 0.717) is 24.7 Å². The highest BCUT2D eigenvalue weighted by atomic mass is 19.1. The number of benzene rings is 2. The zero-order valence-electron chi connectivity index (χ0n) is 14.0. The normalized spacial score (nSPS) is 14.3. The van der Waals surface area contributed by atoms with Gasteiger partial charge in [-0.25, -0.2) is 8.78 Å². The maximum Gasteiger partial charge on any atom is 0.251 e. The van der Waals surface area contributed by atoms with E-state index in [9.17, 15) is 13.6 Å². The van der Waals surface area contributed by atoms with Gasteiger partial charge in [0.15, 0.2) is 11.5 Å². The van der Waals surface area contributed by atoms with Gasteiger partial charge in [-0.15, -0.1) is 0 Å². The van der Waals surface area contributed by atoms with Crippen molar-refractivity contribution in [2.75, 3.05) is 13.2 Å². The highest BCUT2D eigenvalue weighted by molar-refractivity contribution is 5.94. The summed E-state index contributed by atoms with van der Waals surface area (Å²) >= 11 is 0. The minimum atomic E-state index is -0.787. The number of rotatable bonds is 4. The molecule has 0 unspecified atom stereocenters. The molecule has 25 heavy (non-hydrogen) atoms. The molecule has 3 rings (SSSR count). The Labute approximate surface area is 144 Å². The van der Waals surface area contributed by atoms with Gasteiger partial charge in [0.1, 0.15) is 24.8 Å². The van der Waals surface area contributed by atoms with Crippen molar-refractivity contribution in [3.63, 3.8) is 0 Å². The van der Waals surface area contributed by atoms with Gasteiger partial charge in [-0.1, -0.05) is 19.9 Å². The Kier molecular flexibility index (Phi) is 4.88. The molecule has 0 aromatic heterocycles. The molecule has 0 aliphatic carbocycles. The highest BCUT2D eigenvalue weighted by Gasteiger charge is 2.22. The minimum Gasteiger partial charge on any atom is -0.486 e. The molecule has 0 saturated carbocycles. The quantitative estimate of drug-likeness (QED) is 0.913. The third kappa shape index (κ3) is 3.90. The lowest BCUT2D eigenvalue weighted by molar-refractivity contribution is 0.0924. The average Bonchev–Trinajstić information content (AvgIpc) is 2.58. The van der Waals surface area contributed by atoms with Crippen LogP contribution in [0.1, 0.15) is 35.8 Å². The van der Waals surface area contributed by atoms with Crippen molar-refractivity contribution in [2.45, 2.75) is 19.9 Å². The fraction of sp³-hybridized carbons (Fsp3) is 0.316. The smallest absolute Gasteiger partial charge is 0.251 e. The van der Waals surface area contributed by atoms with Crippen LogP contribution in [-0.2, 0) is 0 Å². The fourth-order valence-electron chi connectivity index (χ4n) is 2.80. The molecule has 0 saturated heterocycles. The molecule has 1 atom stereocenters. The Morgan fingerprint density at radius 2 is 1.64 bits per heavy atom. The summed E-state index contributed by atoms with van der Waals surface area (Å²) < 4.78 is 37.8. The molecule has 1 aliphatic heterocycles. The van der Waals surface area contributed by atoms with Gasteiger partial charge < -0.3 is 14.8 Å². The zero-order chi connectivity index (χ0) is 18.0. The van der Waals surface area contributed by atoms with Crippen molar-refractivity contribution in [1.29, 1.82) is 0 Å². The van der Waals surface area contributed by atoms with Gasteiger partial charge in [0.25, 0.3) is 5.91 Å². The number of hydrogen-bond donors (Lipinski definition) is 1. The number of hydrogen-bond acceptors (Lipinski definition) is 3. The lowest BCUT2D eigenvalue weighted by atomic mass is 9.95. The van der Waals surface area contributed by atoms with Gasteiger partial charge in [-0.3, -0.25) is 4.79 Å². The van der Waals surface area contributed by atoms with Gasteiger partial charge in [0, 0.05) is 11.6 Å². The third-order valence-corrected chi connectivity index (χ3v) is 4.00. The van der Waals surface area contributed by atoms with E-state index in [1.807, 2.05) is 26.0 Å². The first-order valence-corrected chi connectivity index (χ1v) is 8.10. The number of halogens is 2. The third-order valence-electron chi connectivity index (χ3n) is 4.00. The molecule has 132 valence electrons. The molecule has 0 spiro atoms. The van der Waals surface area contributed by atoms with Crippen molar-refractivity contribution in [3.05, 3.63) is 59.2 Å². The maximum absolute atomic E-state index is 13.3. The maximum atomic E-state index is 13.3. The Balaban J connectivity index is 1.85. The van der Waals surface area contributed by atoms with Crippen LogP contribution in [0.25, 0.3) is 0 Å². The molecule has 0 fully saturated rings. The number of ether oxygens (including phenoxy) is 2. The molecule has 2 aromatic carbocycles. The lowest BCUT2D eigenvalue weighted by Gasteiger charge is -2.25. The Morgan fingerprint density at radius 1 is 1.00 bits per heavy atom. The van der Waals surface area contributed by atoms with Crippen LogP contribution < -0.4 is 14.8 Å². The summed E-state index contributed by atoms with van der Waals surface area (Å²) in [7, 11) is 0. The second kappa shape index (κ2) is 7.09. The van der Waals surface area contributed by atoms with Gasteiger partial charge in [0.2, 0.25) is 0 Å². The average molecular weight is 347 g/mol. The molecule has 1 N–H and O–H groups in total. The predicted molar refractivity (Wildman–Crippen MR) is 88.8 cm³/mol. The van der Waals surface area contributed by atoms with Crippen LogP contribution >= 0.6 is 0 Å². The molecule has 0 radical (unpaired) electrons. The van der Waals surface area contributed by atoms with Crippen molar-refractivity contribution in [2.24, 2.45) is 5.92 Å². The highest BCUT2D eigenvalue weighted by Crippen LogP contribution is 2.34. The fourth-order valence-corrected chi connectivity index (χ4v) is 2.80. The van der Waals surface area contributed by atoms with Gasteiger partial charge in [-0.05, 0) is 35.7 Å². The van der Waals surface area contributed by atoms with Crippen LogP contribution in [0.2, 0.25) is 0 Å². The lowest BCUT2D eigenvalue weighted by Crippen LogP contribution is -2.32. The van der Waals surface area contributed by atoms with Crippen molar-refractivity contribution in [3.8, 4) is 11.5 Å². The second-order valence-corrected chi connectivity index (χ2v) is 6.26. The monoisotopic (exact) mass is 347 g/mol. The number of carbonyl (C=O) groups excluding carboxylic acids is 1. The molecular weight excluding hydrogens is 328 g/mol. The van der Waals surface area contributed by atoms with E-state index in [1.165, 1.54) is 0 Å². The van der Waals surface area contributed by atoms with Crippen LogP contribution in [0, 0.1) is 17.6 Å². The molecule has 1 heterocycles. The van der Waals surface area contributed by atoms with Crippen LogP contribution in [0.4, 0.5) is 8.78 Å². The SMILES string of the molecule is CC(C)[C@@H](NC(=O)c1cc(F)cc(F)c1)c1ccc2c(c1)OCCO2. The van der Waals surface area contributed by atoms with Crippen LogP contribution in [0.15, 0.2) is 36.4 Å². The number of fused-ring (bicyclic) bond motifs is 1. The number of nitrogens with one attached hydrogen (secondary N) is 1. The molecule has 1 amide bonds. The Bertz CT molecular complexity index is 772. The molecular formula is C19H19F2NO3. The van der Waals surface area contributed by atoms with Crippen molar-refractivity contribution < 1.29 is 23.0 Å². The summed E-state index contributed by atoms with van der Waals surface area (Å²) in [5.41, 5.74) is 0.783. The molecule has 1 aliphatic rings. The summed E-state index contributed by atoms with van der Waals surface area (Å²) in [6, 6.07) is 7.90. The largest absolute Gasteiger partial charge is 0.486 e. The van der Waals surface area contributed by atoms with Crippen LogP contribution in [0.5, 0.6) is 11.5 Å². The Hall–Kier alpha value is -2.63. The standard InChI is InChI=1S/C19H19F2NO3/c1-11(2)18(12-3-4-16-17(9-12)25-6-5-24-16)22-19(23)13-7-14(20)10-15(21)8-13/h3-4,7-11,18H,5-6H2,1-2H3,(H,22,23)/t18-/m1/s1. The molecule has 0 bridgehead atoms. The Morgan fingerprint density at radius 3 is 2.28 bits per heavy atom.